The van der Waals surface area contributed by atoms with Crippen LogP contribution in [0.25, 0.3) is 0 Å². The fourth-order valence-corrected chi connectivity index (χ4v) is 1.93. The highest BCUT2D eigenvalue weighted by Crippen LogP contribution is 2.08. The Labute approximate surface area is 138 Å². The van der Waals surface area contributed by atoms with Crippen molar-refractivity contribution in [3.05, 3.63) is 12.2 Å². The predicted octanol–water partition coefficient (Wildman–Crippen LogP) is 2.82. The van der Waals surface area contributed by atoms with E-state index in [1.165, 1.54) is 32.6 Å². The second kappa shape index (κ2) is 12.7. The summed E-state index contributed by atoms with van der Waals surface area (Å²) in [6, 6.07) is -1.25. The summed E-state index contributed by atoms with van der Waals surface area (Å²) < 4.78 is 4.93. The number of nitrogens with one attached hydrogen (secondary N) is 1. The normalized spacial score (nSPS) is 11.6. The van der Waals surface area contributed by atoms with Crippen LogP contribution in [-0.4, -0.2) is 35.6 Å². The molecule has 0 aliphatic rings. The zero-order valence-electron chi connectivity index (χ0n) is 14.2. The van der Waals surface area contributed by atoms with Crippen LogP contribution in [-0.2, 0) is 19.1 Å². The molecule has 1 amide bonds. The van der Waals surface area contributed by atoms with Crippen molar-refractivity contribution in [3.63, 3.8) is 0 Å². The van der Waals surface area contributed by atoms with E-state index < -0.39 is 23.9 Å². The van der Waals surface area contributed by atoms with Crippen molar-refractivity contribution in [3.8, 4) is 0 Å². The molecule has 0 saturated heterocycles. The van der Waals surface area contributed by atoms with Crippen molar-refractivity contribution >= 4 is 17.8 Å². The standard InChI is InChI=1S/C17H29NO5/c1-4-5-6-7-8-9-10-11-15(19)23-12-14(17(21)22)18-16(20)13(2)3/h14H,2,4-12H2,1,3H3,(H,18,20)(H,21,22). The lowest BCUT2D eigenvalue weighted by atomic mass is 10.1. The van der Waals surface area contributed by atoms with Gasteiger partial charge in [-0.25, -0.2) is 4.79 Å². The summed E-state index contributed by atoms with van der Waals surface area (Å²) in [7, 11) is 0. The van der Waals surface area contributed by atoms with E-state index in [9.17, 15) is 14.4 Å². The number of carboxylic acids is 1. The third kappa shape index (κ3) is 11.4. The van der Waals surface area contributed by atoms with E-state index in [0.717, 1.165) is 19.3 Å². The van der Waals surface area contributed by atoms with Crippen molar-refractivity contribution in [2.75, 3.05) is 6.61 Å². The molecule has 6 nitrogen and oxygen atoms in total. The monoisotopic (exact) mass is 327 g/mol. The maximum Gasteiger partial charge on any atom is 0.329 e. The van der Waals surface area contributed by atoms with E-state index in [2.05, 4.69) is 18.8 Å². The lowest BCUT2D eigenvalue weighted by molar-refractivity contribution is -0.150. The Hall–Kier alpha value is -1.85. The Kier molecular flexibility index (Phi) is 11.7. The van der Waals surface area contributed by atoms with E-state index in [1.54, 1.807) is 0 Å². The van der Waals surface area contributed by atoms with Crippen LogP contribution < -0.4 is 5.32 Å². The molecule has 6 heteroatoms. The van der Waals surface area contributed by atoms with Crippen molar-refractivity contribution in [1.29, 1.82) is 0 Å². The van der Waals surface area contributed by atoms with E-state index in [4.69, 9.17) is 9.84 Å². The predicted molar refractivity (Wildman–Crippen MR) is 87.9 cm³/mol. The number of amides is 1. The zero-order chi connectivity index (χ0) is 17.7. The summed E-state index contributed by atoms with van der Waals surface area (Å²) >= 11 is 0. The first-order valence-electron chi connectivity index (χ1n) is 8.23. The molecule has 0 spiro atoms. The highest BCUT2D eigenvalue weighted by atomic mass is 16.5. The number of esters is 1. The van der Waals surface area contributed by atoms with Crippen LogP contribution in [0.4, 0.5) is 0 Å². The fourth-order valence-electron chi connectivity index (χ4n) is 1.93. The minimum Gasteiger partial charge on any atom is -0.480 e. The summed E-state index contributed by atoms with van der Waals surface area (Å²) in [5, 5.41) is 11.2. The SMILES string of the molecule is C=C(C)C(=O)NC(COC(=O)CCCCCCCCC)C(=O)O. The van der Waals surface area contributed by atoms with Gasteiger partial charge in [-0.15, -0.1) is 0 Å². The third-order valence-corrected chi connectivity index (χ3v) is 3.39. The second-order valence-electron chi connectivity index (χ2n) is 5.70. The molecule has 132 valence electrons. The van der Waals surface area contributed by atoms with Gasteiger partial charge in [0.05, 0.1) is 0 Å². The lowest BCUT2D eigenvalue weighted by Crippen LogP contribution is -2.44. The average molecular weight is 327 g/mol. The Bertz CT molecular complexity index is 406. The second-order valence-corrected chi connectivity index (χ2v) is 5.70. The van der Waals surface area contributed by atoms with Gasteiger partial charge in [0, 0.05) is 12.0 Å². The number of ether oxygens (including phenoxy) is 1. The molecule has 0 aromatic heterocycles. The molecule has 0 fully saturated rings. The molecule has 0 aromatic carbocycles. The number of carbonyl (C=O) groups excluding carboxylic acids is 2. The Morgan fingerprint density at radius 3 is 2.17 bits per heavy atom. The topological polar surface area (TPSA) is 92.7 Å². The van der Waals surface area contributed by atoms with E-state index in [-0.39, 0.29) is 18.6 Å². The Morgan fingerprint density at radius 2 is 1.65 bits per heavy atom. The van der Waals surface area contributed by atoms with Gasteiger partial charge in [-0.2, -0.15) is 0 Å². The molecule has 0 radical (unpaired) electrons. The lowest BCUT2D eigenvalue weighted by Gasteiger charge is -2.14. The molecule has 1 atom stereocenters. The van der Waals surface area contributed by atoms with Gasteiger partial charge < -0.3 is 15.2 Å². The van der Waals surface area contributed by atoms with Gasteiger partial charge >= 0.3 is 11.9 Å². The summed E-state index contributed by atoms with van der Waals surface area (Å²) in [5.74, 6) is -2.25. The molecule has 0 aliphatic heterocycles. The van der Waals surface area contributed by atoms with Crippen molar-refractivity contribution < 1.29 is 24.2 Å². The number of unbranched alkanes of at least 4 members (excludes halogenated alkanes) is 6. The van der Waals surface area contributed by atoms with E-state index in [1.807, 2.05) is 0 Å². The first kappa shape index (κ1) is 21.1. The van der Waals surface area contributed by atoms with Crippen molar-refractivity contribution in [1.82, 2.24) is 5.32 Å². The molecule has 0 aromatic rings. The van der Waals surface area contributed by atoms with Crippen LogP contribution in [0.2, 0.25) is 0 Å². The minimum absolute atomic E-state index is 0.200. The molecule has 23 heavy (non-hydrogen) atoms. The van der Waals surface area contributed by atoms with Gasteiger partial charge in [-0.3, -0.25) is 9.59 Å². The maximum absolute atomic E-state index is 11.6. The molecule has 0 rings (SSSR count). The summed E-state index contributed by atoms with van der Waals surface area (Å²) in [6.45, 7) is 6.69. The van der Waals surface area contributed by atoms with Gasteiger partial charge in [-0.05, 0) is 13.3 Å². The van der Waals surface area contributed by atoms with Crippen molar-refractivity contribution in [2.45, 2.75) is 71.3 Å². The van der Waals surface area contributed by atoms with Crippen molar-refractivity contribution in [2.24, 2.45) is 0 Å². The average Bonchev–Trinajstić information content (AvgIpc) is 2.49. The van der Waals surface area contributed by atoms with Gasteiger partial charge in [0.25, 0.3) is 0 Å². The number of carbonyl (C=O) groups is 3. The molecular formula is C17H29NO5. The van der Waals surface area contributed by atoms with Crippen LogP contribution >= 0.6 is 0 Å². The molecule has 0 aliphatic carbocycles. The Morgan fingerprint density at radius 1 is 1.09 bits per heavy atom. The quantitative estimate of drug-likeness (QED) is 0.308. The number of aliphatic carboxylic acids is 1. The summed E-state index contributed by atoms with van der Waals surface area (Å²) in [6.07, 6.45) is 7.93. The minimum atomic E-state index is -1.25. The maximum atomic E-state index is 11.6. The van der Waals surface area contributed by atoms with E-state index >= 15 is 0 Å². The van der Waals surface area contributed by atoms with Crippen LogP contribution in [0.5, 0.6) is 0 Å². The molecule has 0 saturated carbocycles. The van der Waals surface area contributed by atoms with Gasteiger partial charge in [0.2, 0.25) is 5.91 Å². The first-order valence-corrected chi connectivity index (χ1v) is 8.23. The molecular weight excluding hydrogens is 298 g/mol. The Balaban J connectivity index is 3.89. The zero-order valence-corrected chi connectivity index (χ0v) is 14.2. The van der Waals surface area contributed by atoms with Crippen LogP contribution in [0.1, 0.15) is 65.2 Å². The number of hydrogen-bond acceptors (Lipinski definition) is 4. The fraction of sp³-hybridized carbons (Fsp3) is 0.706. The van der Waals surface area contributed by atoms with E-state index in [0.29, 0.717) is 0 Å². The summed E-state index contributed by atoms with van der Waals surface area (Å²) in [5.41, 5.74) is 0.200. The third-order valence-electron chi connectivity index (χ3n) is 3.39. The van der Waals surface area contributed by atoms with Gasteiger partial charge in [-0.1, -0.05) is 52.0 Å². The number of carboxylic acid groups (broad SMARTS) is 1. The highest BCUT2D eigenvalue weighted by molar-refractivity contribution is 5.94. The van der Waals surface area contributed by atoms with Gasteiger partial charge in [0.15, 0.2) is 6.04 Å². The first-order chi connectivity index (χ1) is 10.9. The highest BCUT2D eigenvalue weighted by Gasteiger charge is 2.21. The summed E-state index contributed by atoms with van der Waals surface area (Å²) in [4.78, 5) is 34.0. The largest absolute Gasteiger partial charge is 0.480 e. The van der Waals surface area contributed by atoms with Crippen LogP contribution in [0.3, 0.4) is 0 Å². The number of hydrogen-bond donors (Lipinski definition) is 2. The van der Waals surface area contributed by atoms with Crippen LogP contribution in [0, 0.1) is 0 Å². The molecule has 0 bridgehead atoms. The van der Waals surface area contributed by atoms with Gasteiger partial charge in [0.1, 0.15) is 6.61 Å². The molecule has 1 unspecified atom stereocenters. The van der Waals surface area contributed by atoms with Crippen LogP contribution in [0.15, 0.2) is 12.2 Å². The molecule has 2 N–H and O–H groups in total. The number of rotatable bonds is 13. The smallest absolute Gasteiger partial charge is 0.329 e. The molecule has 0 heterocycles.